The van der Waals surface area contributed by atoms with Gasteiger partial charge in [-0.05, 0) is 24.1 Å². The number of halogens is 3. The van der Waals surface area contributed by atoms with Gasteiger partial charge in [0.1, 0.15) is 0 Å². The number of alkyl halides is 2. The van der Waals surface area contributed by atoms with Gasteiger partial charge in [0, 0.05) is 10.0 Å². The molecule has 0 saturated carbocycles. The van der Waals surface area contributed by atoms with Gasteiger partial charge in [0.25, 0.3) is 11.5 Å². The average Bonchev–Trinajstić information content (AvgIpc) is 2.82. The van der Waals surface area contributed by atoms with Crippen LogP contribution in [0.15, 0.2) is 28.7 Å². The Hall–Kier alpha value is -1.40. The third-order valence-electron chi connectivity index (χ3n) is 2.79. The molecule has 20 heavy (non-hydrogen) atoms. The summed E-state index contributed by atoms with van der Waals surface area (Å²) < 4.78 is 13.7. The summed E-state index contributed by atoms with van der Waals surface area (Å²) in [6.45, 7) is 1.93. The van der Waals surface area contributed by atoms with Gasteiger partial charge in [-0.15, -0.1) is 0 Å². The van der Waals surface area contributed by atoms with E-state index in [1.54, 1.807) is 0 Å². The Balaban J connectivity index is 2.34. The lowest BCUT2D eigenvalue weighted by molar-refractivity contribution is -0.118. The molecule has 0 aliphatic carbocycles. The SMILES string of the molecule is CCc1c(NC(=O)C(F)Cl)n[nH]c1-c1ccc(Br)cc1. The number of carbonyl (C=O) groups is 1. The molecule has 0 radical (unpaired) electrons. The summed E-state index contributed by atoms with van der Waals surface area (Å²) in [6.07, 6.45) is 0.636. The van der Waals surface area contributed by atoms with Crippen molar-refractivity contribution in [2.24, 2.45) is 0 Å². The minimum atomic E-state index is -2.09. The number of rotatable bonds is 4. The molecule has 2 aromatic rings. The monoisotopic (exact) mass is 359 g/mol. The first-order valence-corrected chi connectivity index (χ1v) is 7.18. The van der Waals surface area contributed by atoms with Gasteiger partial charge in [-0.25, -0.2) is 4.39 Å². The number of aromatic amines is 1. The average molecular weight is 361 g/mol. The fourth-order valence-electron chi connectivity index (χ4n) is 1.84. The van der Waals surface area contributed by atoms with Crippen molar-refractivity contribution in [3.63, 3.8) is 0 Å². The minimum Gasteiger partial charge on any atom is -0.305 e. The maximum Gasteiger partial charge on any atom is 0.275 e. The minimum absolute atomic E-state index is 0.304. The molecule has 0 fully saturated rings. The number of carbonyl (C=O) groups excluding carboxylic acids is 1. The van der Waals surface area contributed by atoms with Crippen LogP contribution < -0.4 is 5.32 Å². The molecule has 2 N–H and O–H groups in total. The lowest BCUT2D eigenvalue weighted by Crippen LogP contribution is -2.20. The van der Waals surface area contributed by atoms with Gasteiger partial charge in [-0.2, -0.15) is 5.10 Å². The Bertz CT molecular complexity index is 613. The fraction of sp³-hybridized carbons (Fsp3) is 0.231. The molecule has 1 aromatic carbocycles. The highest BCUT2D eigenvalue weighted by Crippen LogP contribution is 2.28. The van der Waals surface area contributed by atoms with Crippen molar-refractivity contribution < 1.29 is 9.18 Å². The van der Waals surface area contributed by atoms with E-state index < -0.39 is 11.5 Å². The zero-order valence-electron chi connectivity index (χ0n) is 10.6. The van der Waals surface area contributed by atoms with Crippen LogP contribution in [-0.2, 0) is 11.2 Å². The molecule has 0 spiro atoms. The van der Waals surface area contributed by atoms with Crippen molar-refractivity contribution in [1.29, 1.82) is 0 Å². The smallest absolute Gasteiger partial charge is 0.275 e. The molecule has 0 bridgehead atoms. The van der Waals surface area contributed by atoms with E-state index in [4.69, 9.17) is 11.6 Å². The van der Waals surface area contributed by atoms with Crippen molar-refractivity contribution in [3.05, 3.63) is 34.3 Å². The van der Waals surface area contributed by atoms with Crippen molar-refractivity contribution in [3.8, 4) is 11.3 Å². The van der Waals surface area contributed by atoms with Crippen LogP contribution in [-0.4, -0.2) is 21.7 Å². The standard InChI is InChI=1S/C13H12BrClFN3O/c1-2-9-10(7-3-5-8(14)6-4-7)18-19-12(9)17-13(20)11(15)16/h3-6,11H,2H2,1H3,(H2,17,18,19,20). The van der Waals surface area contributed by atoms with E-state index in [2.05, 4.69) is 31.4 Å². The van der Waals surface area contributed by atoms with Gasteiger partial charge in [0.05, 0.1) is 5.69 Å². The molecule has 1 unspecified atom stereocenters. The number of hydrogen-bond donors (Lipinski definition) is 2. The third kappa shape index (κ3) is 3.19. The van der Waals surface area contributed by atoms with Gasteiger partial charge in [-0.3, -0.25) is 9.89 Å². The molecule has 1 atom stereocenters. The van der Waals surface area contributed by atoms with Crippen LogP contribution in [0.3, 0.4) is 0 Å². The molecule has 1 amide bonds. The van der Waals surface area contributed by atoms with Crippen molar-refractivity contribution in [1.82, 2.24) is 10.2 Å². The number of amides is 1. The lowest BCUT2D eigenvalue weighted by atomic mass is 10.1. The first-order chi connectivity index (χ1) is 9.52. The number of H-pyrrole nitrogens is 1. The Morgan fingerprint density at radius 3 is 2.70 bits per heavy atom. The van der Waals surface area contributed by atoms with E-state index in [-0.39, 0.29) is 0 Å². The number of hydrogen-bond acceptors (Lipinski definition) is 2. The summed E-state index contributed by atoms with van der Waals surface area (Å²) in [6, 6.07) is 7.65. The summed E-state index contributed by atoms with van der Waals surface area (Å²) in [5, 5.41) is 9.24. The van der Waals surface area contributed by atoms with Gasteiger partial charge >= 0.3 is 0 Å². The summed E-state index contributed by atoms with van der Waals surface area (Å²) in [4.78, 5) is 11.3. The first kappa shape index (κ1) is 15.0. The molecular formula is C13H12BrClFN3O. The predicted octanol–water partition coefficient (Wildman–Crippen LogP) is 3.87. The molecule has 0 aliphatic rings. The Morgan fingerprint density at radius 2 is 2.15 bits per heavy atom. The molecule has 2 rings (SSSR count). The number of anilines is 1. The fourth-order valence-corrected chi connectivity index (χ4v) is 2.16. The van der Waals surface area contributed by atoms with Crippen LogP contribution in [0.4, 0.5) is 10.2 Å². The maximum atomic E-state index is 12.7. The van der Waals surface area contributed by atoms with Crippen LogP contribution in [0.5, 0.6) is 0 Å². The normalized spacial score (nSPS) is 12.2. The summed E-state index contributed by atoms with van der Waals surface area (Å²) in [5.74, 6) is -0.617. The van der Waals surface area contributed by atoms with E-state index in [9.17, 15) is 9.18 Å². The van der Waals surface area contributed by atoms with Crippen molar-refractivity contribution >= 4 is 39.3 Å². The topological polar surface area (TPSA) is 57.8 Å². The second-order valence-electron chi connectivity index (χ2n) is 4.08. The van der Waals surface area contributed by atoms with Gasteiger partial charge < -0.3 is 5.32 Å². The molecule has 7 heteroatoms. The van der Waals surface area contributed by atoms with Gasteiger partial charge in [-0.1, -0.05) is 46.6 Å². The van der Waals surface area contributed by atoms with Gasteiger partial charge in [0.15, 0.2) is 5.82 Å². The number of nitrogens with zero attached hydrogens (tertiary/aromatic N) is 1. The first-order valence-electron chi connectivity index (χ1n) is 5.95. The number of aromatic nitrogens is 2. The molecule has 0 aliphatic heterocycles. The van der Waals surface area contributed by atoms with Crippen LogP contribution in [0.1, 0.15) is 12.5 Å². The molecule has 1 heterocycles. The molecule has 1 aromatic heterocycles. The highest BCUT2D eigenvalue weighted by atomic mass is 79.9. The van der Waals surface area contributed by atoms with E-state index in [1.165, 1.54) is 0 Å². The predicted molar refractivity (Wildman–Crippen MR) is 80.5 cm³/mol. The highest BCUT2D eigenvalue weighted by molar-refractivity contribution is 9.10. The Morgan fingerprint density at radius 1 is 1.50 bits per heavy atom. The molecule has 4 nitrogen and oxygen atoms in total. The molecular weight excluding hydrogens is 349 g/mol. The molecule has 106 valence electrons. The van der Waals surface area contributed by atoms with Crippen LogP contribution in [0, 0.1) is 0 Å². The zero-order valence-corrected chi connectivity index (χ0v) is 12.9. The van der Waals surface area contributed by atoms with Crippen molar-refractivity contribution in [2.75, 3.05) is 5.32 Å². The Labute approximate surface area is 128 Å². The summed E-state index contributed by atoms with van der Waals surface area (Å²) in [7, 11) is 0. The summed E-state index contributed by atoms with van der Waals surface area (Å²) >= 11 is 8.46. The van der Waals surface area contributed by atoms with Crippen LogP contribution in [0.2, 0.25) is 0 Å². The van der Waals surface area contributed by atoms with Crippen LogP contribution >= 0.6 is 27.5 Å². The number of benzene rings is 1. The highest BCUT2D eigenvalue weighted by Gasteiger charge is 2.19. The van der Waals surface area contributed by atoms with E-state index in [1.807, 2.05) is 31.2 Å². The van der Waals surface area contributed by atoms with Crippen molar-refractivity contribution in [2.45, 2.75) is 19.0 Å². The van der Waals surface area contributed by atoms with E-state index >= 15 is 0 Å². The molecule has 0 saturated heterocycles. The van der Waals surface area contributed by atoms with E-state index in [0.717, 1.165) is 21.3 Å². The second-order valence-corrected chi connectivity index (χ2v) is 5.38. The zero-order chi connectivity index (χ0) is 14.7. The van der Waals surface area contributed by atoms with Gasteiger partial charge in [0.2, 0.25) is 0 Å². The second kappa shape index (κ2) is 6.37. The van der Waals surface area contributed by atoms with Crippen LogP contribution in [0.25, 0.3) is 11.3 Å². The quantitative estimate of drug-likeness (QED) is 0.813. The van der Waals surface area contributed by atoms with E-state index in [0.29, 0.717) is 12.2 Å². The largest absolute Gasteiger partial charge is 0.305 e. The summed E-state index contributed by atoms with van der Waals surface area (Å²) in [5.41, 5.74) is 0.437. The number of nitrogens with one attached hydrogen (secondary N) is 2. The third-order valence-corrected chi connectivity index (χ3v) is 3.52. The maximum absolute atomic E-state index is 12.7. The Kier molecular flexibility index (Phi) is 4.77. The lowest BCUT2D eigenvalue weighted by Gasteiger charge is -2.05.